The summed E-state index contributed by atoms with van der Waals surface area (Å²) in [7, 11) is 0. The normalized spacial score (nSPS) is 11.1. The first-order valence-electron chi connectivity index (χ1n) is 10.2. The second-order valence-electron chi connectivity index (χ2n) is 7.22. The fourth-order valence-electron chi connectivity index (χ4n) is 3.25. The highest BCUT2D eigenvalue weighted by Gasteiger charge is 2.15. The molecule has 3 aromatic rings. The van der Waals surface area contributed by atoms with Crippen molar-refractivity contribution in [1.82, 2.24) is 0 Å². The lowest BCUT2D eigenvalue weighted by Gasteiger charge is -2.15. The third-order valence-corrected chi connectivity index (χ3v) is 7.14. The van der Waals surface area contributed by atoms with Gasteiger partial charge in [-0.2, -0.15) is 5.26 Å². The molecular formula is C26H21BrClIN2O2. The van der Waals surface area contributed by atoms with Gasteiger partial charge in [-0.15, -0.1) is 0 Å². The van der Waals surface area contributed by atoms with Crippen LogP contribution in [0.2, 0.25) is 5.02 Å². The van der Waals surface area contributed by atoms with Gasteiger partial charge in [0, 0.05) is 30.7 Å². The van der Waals surface area contributed by atoms with Gasteiger partial charge < -0.3 is 10.1 Å². The highest BCUT2D eigenvalue weighted by Crippen LogP contribution is 2.32. The zero-order chi connectivity index (χ0) is 24.0. The summed E-state index contributed by atoms with van der Waals surface area (Å²) < 4.78 is 7.95. The Bertz CT molecular complexity index is 1270. The number of amides is 1. The molecule has 0 radical (unpaired) electrons. The summed E-state index contributed by atoms with van der Waals surface area (Å²) in [5.41, 5.74) is 4.23. The summed E-state index contributed by atoms with van der Waals surface area (Å²) >= 11 is 12.0. The third kappa shape index (κ3) is 6.38. The van der Waals surface area contributed by atoms with E-state index < -0.39 is 5.91 Å². The molecule has 168 valence electrons. The zero-order valence-corrected chi connectivity index (χ0v) is 22.6. The molecule has 33 heavy (non-hydrogen) atoms. The molecule has 0 heterocycles. The highest BCUT2D eigenvalue weighted by atomic mass is 127. The average Bonchev–Trinajstić information content (AvgIpc) is 2.79. The summed E-state index contributed by atoms with van der Waals surface area (Å²) in [5.74, 6) is 0.239. The van der Waals surface area contributed by atoms with E-state index in [1.807, 2.05) is 50.2 Å². The van der Waals surface area contributed by atoms with Crippen molar-refractivity contribution < 1.29 is 9.53 Å². The maximum Gasteiger partial charge on any atom is 0.266 e. The Morgan fingerprint density at radius 2 is 2.00 bits per heavy atom. The highest BCUT2D eigenvalue weighted by molar-refractivity contribution is 14.1. The zero-order valence-electron chi connectivity index (χ0n) is 18.1. The Morgan fingerprint density at radius 1 is 1.24 bits per heavy atom. The van der Waals surface area contributed by atoms with Crippen LogP contribution in [0.5, 0.6) is 5.75 Å². The maximum absolute atomic E-state index is 12.8. The number of rotatable bonds is 7. The van der Waals surface area contributed by atoms with Crippen molar-refractivity contribution in [1.29, 1.82) is 5.26 Å². The molecule has 0 spiro atoms. The second-order valence-corrected chi connectivity index (χ2v) is 9.64. The minimum absolute atomic E-state index is 0.00817. The minimum Gasteiger partial charge on any atom is -0.494 e. The summed E-state index contributed by atoms with van der Waals surface area (Å²) in [5, 5.41) is 13.0. The topological polar surface area (TPSA) is 62.1 Å². The molecule has 1 N–H and O–H groups in total. The van der Waals surface area contributed by atoms with Gasteiger partial charge in [0.05, 0.1) is 6.61 Å². The predicted molar refractivity (Wildman–Crippen MR) is 146 cm³/mol. The van der Waals surface area contributed by atoms with Crippen LogP contribution in [0.15, 0.2) is 64.6 Å². The maximum atomic E-state index is 12.8. The van der Waals surface area contributed by atoms with Gasteiger partial charge in [0.2, 0.25) is 0 Å². The molecule has 0 atom stereocenters. The number of hydrogen-bond donors (Lipinski definition) is 1. The molecule has 0 aromatic heterocycles. The van der Waals surface area contributed by atoms with Crippen molar-refractivity contribution >= 4 is 67.8 Å². The van der Waals surface area contributed by atoms with Crippen LogP contribution in [0.3, 0.4) is 0 Å². The van der Waals surface area contributed by atoms with Gasteiger partial charge in [0.1, 0.15) is 17.4 Å². The molecular weight excluding hydrogens is 615 g/mol. The number of hydrogen-bond acceptors (Lipinski definition) is 3. The van der Waals surface area contributed by atoms with E-state index in [-0.39, 0.29) is 5.57 Å². The molecule has 0 aliphatic carbocycles. The first kappa shape index (κ1) is 25.3. The molecule has 0 saturated heterocycles. The Balaban J connectivity index is 1.94. The average molecular weight is 636 g/mol. The number of nitriles is 1. The number of nitrogens with zero attached hydrogens (tertiary/aromatic N) is 1. The molecule has 0 aliphatic heterocycles. The quantitative estimate of drug-likeness (QED) is 0.166. The Hall–Kier alpha value is -2.34. The van der Waals surface area contributed by atoms with E-state index in [0.29, 0.717) is 29.3 Å². The van der Waals surface area contributed by atoms with Gasteiger partial charge in [-0.1, -0.05) is 51.8 Å². The lowest BCUT2D eigenvalue weighted by atomic mass is 10.0. The van der Waals surface area contributed by atoms with Crippen LogP contribution in [-0.2, 0) is 11.2 Å². The lowest BCUT2D eigenvalue weighted by Crippen LogP contribution is -2.14. The van der Waals surface area contributed by atoms with E-state index >= 15 is 0 Å². The van der Waals surface area contributed by atoms with Crippen LogP contribution in [0, 0.1) is 21.8 Å². The van der Waals surface area contributed by atoms with Crippen molar-refractivity contribution in [3.05, 3.63) is 95.5 Å². The number of halogens is 3. The van der Waals surface area contributed by atoms with E-state index in [2.05, 4.69) is 49.9 Å². The summed E-state index contributed by atoms with van der Waals surface area (Å²) in [6.07, 6.45) is 2.26. The van der Waals surface area contributed by atoms with E-state index in [1.54, 1.807) is 24.3 Å². The predicted octanol–water partition coefficient (Wildman–Crippen LogP) is 7.55. The van der Waals surface area contributed by atoms with Gasteiger partial charge in [0.25, 0.3) is 5.91 Å². The monoisotopic (exact) mass is 634 g/mol. The Kier molecular flexibility index (Phi) is 8.95. The molecule has 3 rings (SSSR count). The first-order valence-corrected chi connectivity index (χ1v) is 12.5. The number of ether oxygens (including phenoxy) is 1. The van der Waals surface area contributed by atoms with Crippen molar-refractivity contribution in [3.63, 3.8) is 0 Å². The SMILES string of the molecule is CCOc1cc(/C=C(\C#N)C(=O)Nc2cccc(Cl)c2C)cc(I)c1Cc1ccccc1Br. The number of carbonyl (C=O) groups is 1. The summed E-state index contributed by atoms with van der Waals surface area (Å²) in [6, 6.07) is 19.1. The van der Waals surface area contributed by atoms with E-state index in [0.717, 1.165) is 30.5 Å². The van der Waals surface area contributed by atoms with E-state index in [4.69, 9.17) is 16.3 Å². The van der Waals surface area contributed by atoms with Crippen molar-refractivity contribution in [2.24, 2.45) is 0 Å². The molecule has 0 aliphatic rings. The third-order valence-electron chi connectivity index (χ3n) is 4.99. The lowest BCUT2D eigenvalue weighted by molar-refractivity contribution is -0.112. The van der Waals surface area contributed by atoms with Crippen molar-refractivity contribution in [2.75, 3.05) is 11.9 Å². The molecule has 0 unspecified atom stereocenters. The summed E-state index contributed by atoms with van der Waals surface area (Å²) in [6.45, 7) is 4.25. The van der Waals surface area contributed by atoms with Crippen LogP contribution in [0.4, 0.5) is 5.69 Å². The van der Waals surface area contributed by atoms with Crippen LogP contribution in [0.25, 0.3) is 6.08 Å². The van der Waals surface area contributed by atoms with Gasteiger partial charge >= 0.3 is 0 Å². The van der Waals surface area contributed by atoms with Crippen LogP contribution in [-0.4, -0.2) is 12.5 Å². The fourth-order valence-corrected chi connectivity index (χ4v) is 4.67. The first-order chi connectivity index (χ1) is 15.8. The van der Waals surface area contributed by atoms with Crippen molar-refractivity contribution in [2.45, 2.75) is 20.3 Å². The second kappa shape index (κ2) is 11.7. The fraction of sp³-hybridized carbons (Fsp3) is 0.154. The minimum atomic E-state index is -0.492. The number of benzene rings is 3. The van der Waals surface area contributed by atoms with E-state index in [1.165, 1.54) is 0 Å². The number of anilines is 1. The van der Waals surface area contributed by atoms with Gasteiger partial charge in [-0.05, 0) is 89.5 Å². The van der Waals surface area contributed by atoms with Crippen LogP contribution in [0.1, 0.15) is 29.2 Å². The standard InChI is InChI=1S/C26H21BrClIN2O2/c1-3-33-25-13-17(12-23(29)20(25)14-18-7-4-5-8-21(18)27)11-19(15-30)26(32)31-24-10-6-9-22(28)16(24)2/h4-13H,3,14H2,1-2H3,(H,31,32)/b19-11+. The molecule has 4 nitrogen and oxygen atoms in total. The molecule has 0 saturated carbocycles. The van der Waals surface area contributed by atoms with Gasteiger partial charge in [-0.3, -0.25) is 4.79 Å². The van der Waals surface area contributed by atoms with E-state index in [9.17, 15) is 10.1 Å². The van der Waals surface area contributed by atoms with Gasteiger partial charge in [0.15, 0.2) is 0 Å². The molecule has 0 fully saturated rings. The van der Waals surface area contributed by atoms with Crippen LogP contribution >= 0.6 is 50.1 Å². The molecule has 1 amide bonds. The van der Waals surface area contributed by atoms with Crippen LogP contribution < -0.4 is 10.1 Å². The Morgan fingerprint density at radius 3 is 2.70 bits per heavy atom. The summed E-state index contributed by atoms with van der Waals surface area (Å²) in [4.78, 5) is 12.8. The largest absolute Gasteiger partial charge is 0.494 e. The molecule has 0 bridgehead atoms. The smallest absolute Gasteiger partial charge is 0.266 e. The van der Waals surface area contributed by atoms with Crippen molar-refractivity contribution in [3.8, 4) is 11.8 Å². The number of nitrogens with one attached hydrogen (secondary N) is 1. The number of carbonyl (C=O) groups excluding carboxylic acids is 1. The molecule has 3 aromatic carbocycles. The Labute approximate surface area is 220 Å². The van der Waals surface area contributed by atoms with Gasteiger partial charge in [-0.25, -0.2) is 0 Å². The molecule has 7 heteroatoms.